The number of allylic oxidation sites excluding steroid dienone is 1. The first-order valence-electron chi connectivity index (χ1n) is 21.0. The van der Waals surface area contributed by atoms with Crippen molar-refractivity contribution in [3.05, 3.63) is 120 Å². The zero-order chi connectivity index (χ0) is 44.4. The minimum absolute atomic E-state index is 0.102. The average Bonchev–Trinajstić information content (AvgIpc) is 3.85. The zero-order valence-electron chi connectivity index (χ0n) is 37.6. The Balaban J connectivity index is 1.49. The summed E-state index contributed by atoms with van der Waals surface area (Å²) in [6, 6.07) is 28.6. The predicted octanol–water partition coefficient (Wildman–Crippen LogP) is 10.1. The highest BCUT2D eigenvalue weighted by molar-refractivity contribution is 7.44. The molecule has 3 heterocycles. The molecule has 0 spiro atoms. The van der Waals surface area contributed by atoms with E-state index in [1.807, 2.05) is 112 Å². The molecule has 14 heteroatoms. The van der Waals surface area contributed by atoms with Crippen LogP contribution in [-0.4, -0.2) is 95.8 Å². The molecule has 0 aliphatic carbocycles. The van der Waals surface area contributed by atoms with Crippen LogP contribution in [-0.2, 0) is 24.1 Å². The van der Waals surface area contributed by atoms with Crippen molar-refractivity contribution in [1.82, 2.24) is 24.1 Å². The highest BCUT2D eigenvalue weighted by Gasteiger charge is 2.45. The van der Waals surface area contributed by atoms with Gasteiger partial charge in [-0.15, -0.1) is 0 Å². The van der Waals surface area contributed by atoms with E-state index in [1.54, 1.807) is 20.5 Å². The van der Waals surface area contributed by atoms with Gasteiger partial charge in [0.1, 0.15) is 47.2 Å². The lowest BCUT2D eigenvalue weighted by atomic mass is 9.80. The molecule has 4 atom stereocenters. The summed E-state index contributed by atoms with van der Waals surface area (Å²) in [6.07, 6.45) is 6.76. The Morgan fingerprint density at radius 3 is 2.11 bits per heavy atom. The molecule has 1 fully saturated rings. The van der Waals surface area contributed by atoms with Gasteiger partial charge in [0.2, 0.25) is 0 Å². The molecule has 5 aromatic rings. The molecule has 1 aliphatic rings. The monoisotopic (exact) mass is 861 g/mol. The van der Waals surface area contributed by atoms with Crippen molar-refractivity contribution >= 4 is 37.3 Å². The lowest BCUT2D eigenvalue weighted by Crippen LogP contribution is -2.39. The van der Waals surface area contributed by atoms with Crippen LogP contribution in [0, 0.1) is 11.3 Å². The Hall–Kier alpha value is -5.19. The van der Waals surface area contributed by atoms with E-state index in [0.717, 1.165) is 45.0 Å². The number of rotatable bonds is 19. The molecule has 0 radical (unpaired) electrons. The fourth-order valence-electron chi connectivity index (χ4n) is 7.78. The largest absolute Gasteiger partial charge is 0.497 e. The Morgan fingerprint density at radius 2 is 1.56 bits per heavy atom. The third-order valence-corrected chi connectivity index (χ3v) is 13.1. The second-order valence-electron chi connectivity index (χ2n) is 15.8. The van der Waals surface area contributed by atoms with Gasteiger partial charge < -0.3 is 37.5 Å². The van der Waals surface area contributed by atoms with E-state index in [2.05, 4.69) is 66.3 Å². The zero-order valence-corrected chi connectivity index (χ0v) is 38.5. The van der Waals surface area contributed by atoms with Crippen molar-refractivity contribution < 1.29 is 28.0 Å². The van der Waals surface area contributed by atoms with E-state index < -0.39 is 32.6 Å². The molecule has 3 aromatic carbocycles. The van der Waals surface area contributed by atoms with Crippen molar-refractivity contribution in [2.45, 2.75) is 90.5 Å². The topological polar surface area (TPSA) is 129 Å². The number of aliphatic imine (C=N–C) groups is 1. The van der Waals surface area contributed by atoms with Crippen LogP contribution in [0.3, 0.4) is 0 Å². The van der Waals surface area contributed by atoms with Crippen LogP contribution in [0.1, 0.15) is 82.9 Å². The van der Waals surface area contributed by atoms with Crippen molar-refractivity contribution in [2.75, 3.05) is 41.5 Å². The number of aromatic nitrogens is 3. The minimum atomic E-state index is -1.63. The molecule has 0 amide bonds. The van der Waals surface area contributed by atoms with Gasteiger partial charge >= 0.3 is 0 Å². The van der Waals surface area contributed by atoms with E-state index in [4.69, 9.17) is 38.0 Å². The number of benzene rings is 3. The Morgan fingerprint density at radius 1 is 0.952 bits per heavy atom. The summed E-state index contributed by atoms with van der Waals surface area (Å²) >= 11 is 0. The third-order valence-electron chi connectivity index (χ3n) is 10.9. The van der Waals surface area contributed by atoms with E-state index in [-0.39, 0.29) is 31.7 Å². The van der Waals surface area contributed by atoms with Crippen LogP contribution >= 0.6 is 8.53 Å². The minimum Gasteiger partial charge on any atom is -0.497 e. The van der Waals surface area contributed by atoms with E-state index >= 15 is 0 Å². The van der Waals surface area contributed by atoms with Gasteiger partial charge in [0.15, 0.2) is 5.82 Å². The lowest BCUT2D eigenvalue weighted by Gasteiger charge is -2.39. The number of nitriles is 1. The SMILES string of the molecule is C/C=C/c1cn([C@H]2C[C@H](OP(OCCC#N)N(C(C)C)C(C)C)[C@@H](COC(c3ccccc3)(c3ccc(OC)cc3)c3ccc(OC)cc3)O2)c2ncnc(/N=C(\C)N(C)C)c12. The van der Waals surface area contributed by atoms with Gasteiger partial charge in [-0.2, -0.15) is 5.26 Å². The molecular weight excluding hydrogens is 802 g/mol. The van der Waals surface area contributed by atoms with Crippen LogP contribution in [0.5, 0.6) is 11.5 Å². The number of hydrogen-bond donors (Lipinski definition) is 0. The molecule has 0 N–H and O–H groups in total. The van der Waals surface area contributed by atoms with Crippen molar-refractivity contribution in [2.24, 2.45) is 4.99 Å². The number of amidine groups is 1. The molecule has 1 unspecified atom stereocenters. The first-order chi connectivity index (χ1) is 29.9. The molecule has 0 saturated carbocycles. The highest BCUT2D eigenvalue weighted by Crippen LogP contribution is 2.51. The fraction of sp³-hybridized carbons (Fsp3) is 0.417. The lowest BCUT2D eigenvalue weighted by molar-refractivity contribution is -0.0911. The van der Waals surface area contributed by atoms with Crippen LogP contribution < -0.4 is 9.47 Å². The average molecular weight is 862 g/mol. The standard InChI is InChI=1S/C48H60N7O6P/c1-11-16-36-30-54(47-45(36)46(50-32-51-47)52-35(6)53(7)8)44-29-42(61-62(59-28-15-27-49)55(33(2)3)34(4)5)43(60-44)31-58-48(37-17-13-12-14-18-37,38-19-23-40(56-9)24-20-38)39-21-25-41(57-10)26-22-39/h11-14,16-26,30,32-34,42-44H,15,28-29,31H2,1-10H3/b16-11+,52-35+/t42-,43+,44+,62?/m0/s1. The van der Waals surface area contributed by atoms with Gasteiger partial charge in [0.25, 0.3) is 8.53 Å². The second-order valence-corrected chi connectivity index (χ2v) is 17.2. The number of nitrogens with zero attached hydrogens (tertiary/aromatic N) is 7. The second kappa shape index (κ2) is 21.3. The smallest absolute Gasteiger partial charge is 0.259 e. The summed E-state index contributed by atoms with van der Waals surface area (Å²) in [6.45, 7) is 12.8. The first-order valence-corrected chi connectivity index (χ1v) is 22.2. The molecule has 0 bridgehead atoms. The molecule has 2 aromatic heterocycles. The quantitative estimate of drug-likeness (QED) is 0.0259. The van der Waals surface area contributed by atoms with Crippen molar-refractivity contribution in [1.29, 1.82) is 5.26 Å². The fourth-order valence-corrected chi connectivity index (χ4v) is 9.54. The van der Waals surface area contributed by atoms with E-state index in [0.29, 0.717) is 17.9 Å². The molecule has 6 rings (SSSR count). The number of hydrogen-bond acceptors (Lipinski definition) is 11. The molecule has 13 nitrogen and oxygen atoms in total. The maximum Gasteiger partial charge on any atom is 0.259 e. The van der Waals surface area contributed by atoms with Gasteiger partial charge in [0.05, 0.1) is 51.4 Å². The third kappa shape index (κ3) is 10.2. The first kappa shape index (κ1) is 46.3. The summed E-state index contributed by atoms with van der Waals surface area (Å²) in [5.74, 6) is 2.85. The molecule has 62 heavy (non-hydrogen) atoms. The Bertz CT molecular complexity index is 2250. The van der Waals surface area contributed by atoms with Crippen molar-refractivity contribution in [3.63, 3.8) is 0 Å². The summed E-state index contributed by atoms with van der Waals surface area (Å²) in [7, 11) is 5.60. The Kier molecular flexibility index (Phi) is 15.9. The van der Waals surface area contributed by atoms with Gasteiger partial charge in [-0.3, -0.25) is 0 Å². The molecule has 1 saturated heterocycles. The van der Waals surface area contributed by atoms with Gasteiger partial charge in [-0.25, -0.2) is 19.6 Å². The number of methoxy groups -OCH3 is 2. The van der Waals surface area contributed by atoms with Crippen LogP contribution in [0.15, 0.2) is 102 Å². The summed E-state index contributed by atoms with van der Waals surface area (Å²) in [5, 5.41) is 10.3. The molecular formula is C48H60N7O6P. The normalized spacial score (nSPS) is 17.7. The maximum absolute atomic E-state index is 9.48. The van der Waals surface area contributed by atoms with E-state index in [9.17, 15) is 5.26 Å². The van der Waals surface area contributed by atoms with Crippen LogP contribution in [0.2, 0.25) is 0 Å². The van der Waals surface area contributed by atoms with Crippen molar-refractivity contribution in [3.8, 4) is 17.6 Å². The van der Waals surface area contributed by atoms with Gasteiger partial charge in [-0.1, -0.05) is 66.7 Å². The van der Waals surface area contributed by atoms with E-state index in [1.165, 1.54) is 0 Å². The molecule has 1 aliphatic heterocycles. The summed E-state index contributed by atoms with van der Waals surface area (Å²) in [4.78, 5) is 16.3. The maximum atomic E-state index is 9.48. The Labute approximate surface area is 367 Å². The number of ether oxygens (including phenoxy) is 4. The van der Waals surface area contributed by atoms with Crippen LogP contribution in [0.4, 0.5) is 5.82 Å². The highest BCUT2D eigenvalue weighted by atomic mass is 31.2. The molecule has 328 valence electrons. The predicted molar refractivity (Wildman–Crippen MR) is 246 cm³/mol. The van der Waals surface area contributed by atoms with Gasteiger partial charge in [0, 0.05) is 44.4 Å². The summed E-state index contributed by atoms with van der Waals surface area (Å²) < 4.78 is 43.7. The number of fused-ring (bicyclic) bond motifs is 1. The van der Waals surface area contributed by atoms with Gasteiger partial charge in [-0.05, 0) is 82.5 Å². The van der Waals surface area contributed by atoms with Crippen LogP contribution in [0.25, 0.3) is 17.1 Å². The summed E-state index contributed by atoms with van der Waals surface area (Å²) in [5.41, 5.74) is 3.26.